The Bertz CT molecular complexity index is 588. The van der Waals surface area contributed by atoms with Crippen LogP contribution < -0.4 is 5.32 Å². The number of hydrogen-bond donors (Lipinski definition) is 1. The fourth-order valence-corrected chi connectivity index (χ4v) is 2.61. The molecule has 1 aromatic heterocycles. The Labute approximate surface area is 134 Å². The molecular weight excluding hydrogens is 270 g/mol. The molecule has 22 heavy (non-hydrogen) atoms. The zero-order valence-electron chi connectivity index (χ0n) is 14.6. The van der Waals surface area contributed by atoms with Gasteiger partial charge >= 0.3 is 0 Å². The van der Waals surface area contributed by atoms with Gasteiger partial charge in [0.1, 0.15) is 0 Å². The van der Waals surface area contributed by atoms with Crippen LogP contribution in [0.25, 0.3) is 0 Å². The molecule has 0 radical (unpaired) electrons. The van der Waals surface area contributed by atoms with Crippen LogP contribution in [0.15, 0.2) is 30.3 Å². The molecule has 1 aromatic carbocycles. The largest absolute Gasteiger partial charge is 0.313 e. The van der Waals surface area contributed by atoms with Gasteiger partial charge in [-0.3, -0.25) is 4.68 Å². The molecule has 0 fully saturated rings. The molecule has 0 atom stereocenters. The van der Waals surface area contributed by atoms with Crippen molar-refractivity contribution in [3.63, 3.8) is 0 Å². The van der Waals surface area contributed by atoms with Crippen molar-refractivity contribution in [3.05, 3.63) is 52.8 Å². The molecule has 0 aliphatic heterocycles. The summed E-state index contributed by atoms with van der Waals surface area (Å²) in [5.41, 5.74) is 5.31. The third-order valence-electron chi connectivity index (χ3n) is 3.98. The Morgan fingerprint density at radius 2 is 1.77 bits per heavy atom. The molecule has 0 saturated heterocycles. The van der Waals surface area contributed by atoms with E-state index in [-0.39, 0.29) is 5.41 Å². The van der Waals surface area contributed by atoms with E-state index in [0.29, 0.717) is 0 Å². The third-order valence-corrected chi connectivity index (χ3v) is 3.98. The number of nitrogens with zero attached hydrogens (tertiary/aromatic N) is 2. The minimum atomic E-state index is 0.228. The van der Waals surface area contributed by atoms with E-state index < -0.39 is 0 Å². The Hall–Kier alpha value is -1.61. The van der Waals surface area contributed by atoms with Crippen LogP contribution >= 0.6 is 0 Å². The number of hydrogen-bond acceptors (Lipinski definition) is 2. The van der Waals surface area contributed by atoms with Crippen LogP contribution in [0.3, 0.4) is 0 Å². The van der Waals surface area contributed by atoms with Crippen LogP contribution in [0.1, 0.15) is 49.7 Å². The summed E-state index contributed by atoms with van der Waals surface area (Å²) in [7, 11) is 0. The Balaban J connectivity index is 1.71. The standard InChI is InChI=1S/C19H29N3/c1-15-13-16(2)22(21-15)12-6-11-20-14-17-7-9-18(10-8-17)19(3,4)5/h7-10,13,20H,6,11-12,14H2,1-5H3. The van der Waals surface area contributed by atoms with E-state index in [1.165, 1.54) is 16.8 Å². The summed E-state index contributed by atoms with van der Waals surface area (Å²) in [6.45, 7) is 13.8. The van der Waals surface area contributed by atoms with Crippen molar-refractivity contribution in [2.75, 3.05) is 6.54 Å². The zero-order chi connectivity index (χ0) is 16.2. The average molecular weight is 299 g/mol. The number of aromatic nitrogens is 2. The highest BCUT2D eigenvalue weighted by molar-refractivity contribution is 5.27. The molecule has 0 aliphatic rings. The van der Waals surface area contributed by atoms with E-state index in [4.69, 9.17) is 0 Å². The van der Waals surface area contributed by atoms with Crippen molar-refractivity contribution in [3.8, 4) is 0 Å². The maximum absolute atomic E-state index is 4.49. The van der Waals surface area contributed by atoms with Gasteiger partial charge < -0.3 is 5.32 Å². The van der Waals surface area contributed by atoms with E-state index in [1.54, 1.807) is 0 Å². The van der Waals surface area contributed by atoms with Gasteiger partial charge in [-0.2, -0.15) is 5.10 Å². The number of rotatable bonds is 6. The zero-order valence-corrected chi connectivity index (χ0v) is 14.6. The van der Waals surface area contributed by atoms with Gasteiger partial charge in [0.25, 0.3) is 0 Å². The molecule has 0 spiro atoms. The number of aryl methyl sites for hydroxylation is 3. The highest BCUT2D eigenvalue weighted by Crippen LogP contribution is 2.22. The van der Waals surface area contributed by atoms with E-state index in [9.17, 15) is 0 Å². The maximum Gasteiger partial charge on any atom is 0.0596 e. The monoisotopic (exact) mass is 299 g/mol. The molecule has 3 nitrogen and oxygen atoms in total. The molecular formula is C19H29N3. The van der Waals surface area contributed by atoms with Crippen LogP contribution in [0.4, 0.5) is 0 Å². The first-order valence-electron chi connectivity index (χ1n) is 8.17. The highest BCUT2D eigenvalue weighted by atomic mass is 15.3. The van der Waals surface area contributed by atoms with Crippen LogP contribution in [0.5, 0.6) is 0 Å². The van der Waals surface area contributed by atoms with Crippen molar-refractivity contribution in [2.24, 2.45) is 0 Å². The van der Waals surface area contributed by atoms with Crippen LogP contribution in [-0.4, -0.2) is 16.3 Å². The molecule has 2 rings (SSSR count). The van der Waals surface area contributed by atoms with Crippen molar-refractivity contribution in [2.45, 2.75) is 59.5 Å². The van der Waals surface area contributed by atoms with Gasteiger partial charge in [-0.15, -0.1) is 0 Å². The van der Waals surface area contributed by atoms with E-state index in [1.807, 2.05) is 6.92 Å². The lowest BCUT2D eigenvalue weighted by Gasteiger charge is -2.19. The normalized spacial score (nSPS) is 11.9. The minimum Gasteiger partial charge on any atom is -0.313 e. The van der Waals surface area contributed by atoms with E-state index in [2.05, 4.69) is 73.1 Å². The molecule has 0 aliphatic carbocycles. The second-order valence-corrected chi connectivity index (χ2v) is 7.13. The maximum atomic E-state index is 4.49. The van der Waals surface area contributed by atoms with Crippen molar-refractivity contribution in [1.82, 2.24) is 15.1 Å². The van der Waals surface area contributed by atoms with Crippen LogP contribution in [-0.2, 0) is 18.5 Å². The lowest BCUT2D eigenvalue weighted by Crippen LogP contribution is -2.17. The average Bonchev–Trinajstić information content (AvgIpc) is 2.76. The third kappa shape index (κ3) is 4.70. The first-order valence-corrected chi connectivity index (χ1v) is 8.17. The van der Waals surface area contributed by atoms with Gasteiger partial charge in [-0.25, -0.2) is 0 Å². The molecule has 0 saturated carbocycles. The van der Waals surface area contributed by atoms with Gasteiger partial charge in [-0.1, -0.05) is 45.0 Å². The van der Waals surface area contributed by atoms with E-state index >= 15 is 0 Å². The first-order chi connectivity index (χ1) is 10.4. The van der Waals surface area contributed by atoms with E-state index in [0.717, 1.165) is 31.7 Å². The second-order valence-electron chi connectivity index (χ2n) is 7.13. The van der Waals surface area contributed by atoms with Crippen molar-refractivity contribution < 1.29 is 0 Å². The quantitative estimate of drug-likeness (QED) is 0.818. The summed E-state index contributed by atoms with van der Waals surface area (Å²) in [6, 6.07) is 11.1. The number of nitrogens with one attached hydrogen (secondary N) is 1. The van der Waals surface area contributed by atoms with Crippen LogP contribution in [0, 0.1) is 13.8 Å². The predicted molar refractivity (Wildman–Crippen MR) is 93.2 cm³/mol. The first kappa shape index (κ1) is 16.8. The predicted octanol–water partition coefficient (Wildman–Crippen LogP) is 3.98. The summed E-state index contributed by atoms with van der Waals surface area (Å²) in [6.07, 6.45) is 1.10. The molecule has 2 aromatic rings. The lowest BCUT2D eigenvalue weighted by atomic mass is 9.87. The van der Waals surface area contributed by atoms with Gasteiger partial charge in [0.05, 0.1) is 5.69 Å². The second kappa shape index (κ2) is 7.10. The summed E-state index contributed by atoms with van der Waals surface area (Å²) in [5, 5.41) is 8.00. The minimum absolute atomic E-state index is 0.228. The molecule has 120 valence electrons. The molecule has 0 bridgehead atoms. The van der Waals surface area contributed by atoms with Crippen molar-refractivity contribution in [1.29, 1.82) is 0 Å². The SMILES string of the molecule is Cc1cc(C)n(CCCNCc2ccc(C(C)(C)C)cc2)n1. The summed E-state index contributed by atoms with van der Waals surface area (Å²) in [4.78, 5) is 0. The molecule has 0 unspecified atom stereocenters. The fraction of sp³-hybridized carbons (Fsp3) is 0.526. The number of benzene rings is 1. The molecule has 1 N–H and O–H groups in total. The molecule has 3 heteroatoms. The highest BCUT2D eigenvalue weighted by Gasteiger charge is 2.12. The van der Waals surface area contributed by atoms with Gasteiger partial charge in [-0.05, 0) is 49.4 Å². The lowest BCUT2D eigenvalue weighted by molar-refractivity contribution is 0.532. The molecule has 1 heterocycles. The van der Waals surface area contributed by atoms with Gasteiger partial charge in [0.2, 0.25) is 0 Å². The van der Waals surface area contributed by atoms with Crippen molar-refractivity contribution >= 4 is 0 Å². The summed E-state index contributed by atoms with van der Waals surface area (Å²) < 4.78 is 2.09. The van der Waals surface area contributed by atoms with Gasteiger partial charge in [0, 0.05) is 18.8 Å². The summed E-state index contributed by atoms with van der Waals surface area (Å²) >= 11 is 0. The topological polar surface area (TPSA) is 29.9 Å². The Morgan fingerprint density at radius 1 is 1.09 bits per heavy atom. The van der Waals surface area contributed by atoms with Crippen LogP contribution in [0.2, 0.25) is 0 Å². The summed E-state index contributed by atoms with van der Waals surface area (Å²) in [5.74, 6) is 0. The molecule has 0 amide bonds. The fourth-order valence-electron chi connectivity index (χ4n) is 2.61. The van der Waals surface area contributed by atoms with Gasteiger partial charge in [0.15, 0.2) is 0 Å². The Morgan fingerprint density at radius 3 is 2.32 bits per heavy atom. The Kier molecular flexibility index (Phi) is 5.41. The smallest absolute Gasteiger partial charge is 0.0596 e.